The van der Waals surface area contributed by atoms with Crippen LogP contribution in [0.1, 0.15) is 0 Å². The van der Waals surface area contributed by atoms with E-state index >= 15 is 0 Å². The summed E-state index contributed by atoms with van der Waals surface area (Å²) >= 11 is 3.73. The van der Waals surface area contributed by atoms with Gasteiger partial charge in [0, 0.05) is 0 Å². The fraction of sp³-hybridized carbons (Fsp3) is 1.00. The minimum Gasteiger partial charge on any atom is -0.195 e. The van der Waals surface area contributed by atoms with Crippen molar-refractivity contribution in [3.63, 3.8) is 0 Å². The summed E-state index contributed by atoms with van der Waals surface area (Å²) in [6.45, 7) is 0. The minimum absolute atomic E-state index is 1.81. The monoisotopic (exact) mass is 386 g/mol. The summed E-state index contributed by atoms with van der Waals surface area (Å²) in [4.78, 5) is 3.77. The van der Waals surface area contributed by atoms with E-state index in [4.69, 9.17) is 0 Å². The molecule has 0 aliphatic carbocycles. The Morgan fingerprint density at radius 2 is 0.727 bits per heavy atom. The summed E-state index contributed by atoms with van der Waals surface area (Å²) in [6, 6.07) is 0. The lowest BCUT2D eigenvalue weighted by atomic mass is 10.0. The average Bonchev–Trinajstić information content (AvgIpc) is 2.08. The van der Waals surface area contributed by atoms with E-state index in [0.29, 0.717) is 0 Å². The van der Waals surface area contributed by atoms with Crippen molar-refractivity contribution in [2.45, 2.75) is 35.6 Å². The first-order chi connectivity index (χ1) is 9.21. The molecule has 0 aromatic carbocycles. The fourth-order valence-electron chi connectivity index (χ4n) is 0.786. The fourth-order valence-corrected chi connectivity index (χ4v) is 0.817. The molecule has 0 aliphatic rings. The van der Waals surface area contributed by atoms with Crippen molar-refractivity contribution in [3.05, 3.63) is 0 Å². The van der Waals surface area contributed by atoms with Crippen LogP contribution in [0.15, 0.2) is 0 Å². The average molecular weight is 386 g/mol. The standard InChI is InChI=1S/C6ClF13O2/c7-2(8,6(18,19)20)22-21-1(3(9,10)11,4(12,13)14)5(15,16)17. The van der Waals surface area contributed by atoms with Gasteiger partial charge in [0.2, 0.25) is 0 Å². The molecule has 0 aromatic rings. The molecule has 0 N–H and O–H groups in total. The van der Waals surface area contributed by atoms with Crippen LogP contribution in [-0.4, -0.2) is 35.6 Å². The van der Waals surface area contributed by atoms with Crippen molar-refractivity contribution >= 4 is 11.6 Å². The molecule has 0 heterocycles. The number of halogens is 14. The first-order valence-electron chi connectivity index (χ1n) is 4.22. The van der Waals surface area contributed by atoms with Gasteiger partial charge in [-0.2, -0.15) is 66.9 Å². The molecule has 1 unspecified atom stereocenters. The number of rotatable bonds is 3. The van der Waals surface area contributed by atoms with Crippen LogP contribution in [0, 0.1) is 0 Å². The predicted octanol–water partition coefficient (Wildman–Crippen LogP) is 4.78. The first-order valence-corrected chi connectivity index (χ1v) is 4.60. The molecule has 0 aromatic heterocycles. The van der Waals surface area contributed by atoms with Crippen LogP contribution in [-0.2, 0) is 9.78 Å². The van der Waals surface area contributed by atoms with Crippen LogP contribution in [0.25, 0.3) is 0 Å². The Hall–Kier alpha value is -0.700. The highest BCUT2D eigenvalue weighted by molar-refractivity contribution is 6.22. The van der Waals surface area contributed by atoms with Crippen molar-refractivity contribution in [2.24, 2.45) is 0 Å². The maximum absolute atomic E-state index is 12.5. The third-order valence-corrected chi connectivity index (χ3v) is 2.08. The molecule has 0 rings (SSSR count). The van der Waals surface area contributed by atoms with E-state index < -0.39 is 35.6 Å². The van der Waals surface area contributed by atoms with E-state index in [1.807, 2.05) is 9.78 Å². The van der Waals surface area contributed by atoms with Gasteiger partial charge in [0.25, 0.3) is 0 Å². The molecule has 16 heteroatoms. The van der Waals surface area contributed by atoms with E-state index in [1.54, 1.807) is 0 Å². The Bertz CT molecular complexity index is 351. The van der Waals surface area contributed by atoms with Gasteiger partial charge in [-0.3, -0.25) is 0 Å². The zero-order valence-corrected chi connectivity index (χ0v) is 9.86. The number of hydrogen-bond acceptors (Lipinski definition) is 2. The Kier molecular flexibility index (Phi) is 5.26. The van der Waals surface area contributed by atoms with Crippen molar-refractivity contribution < 1.29 is 66.9 Å². The summed E-state index contributed by atoms with van der Waals surface area (Å²) < 4.78 is 157. The summed E-state index contributed by atoms with van der Waals surface area (Å²) in [7, 11) is 0. The highest BCUT2D eigenvalue weighted by Crippen LogP contribution is 2.56. The highest BCUT2D eigenvalue weighted by Gasteiger charge is 2.87. The van der Waals surface area contributed by atoms with E-state index in [2.05, 4.69) is 11.6 Å². The van der Waals surface area contributed by atoms with Gasteiger partial charge in [0.1, 0.15) is 0 Å². The molecule has 0 aliphatic heterocycles. The van der Waals surface area contributed by atoms with Crippen LogP contribution in [0.3, 0.4) is 0 Å². The Labute approximate surface area is 115 Å². The second-order valence-electron chi connectivity index (χ2n) is 3.36. The minimum atomic E-state index is -7.41. The van der Waals surface area contributed by atoms with Crippen LogP contribution in [0.4, 0.5) is 57.1 Å². The SMILES string of the molecule is FC(F)(F)C(F)(Cl)OOC(C(F)(F)F)(C(F)(F)F)C(F)(F)F. The van der Waals surface area contributed by atoms with E-state index in [9.17, 15) is 57.1 Å². The molecular weight excluding hydrogens is 386 g/mol. The van der Waals surface area contributed by atoms with Gasteiger partial charge in [0.15, 0.2) is 0 Å². The van der Waals surface area contributed by atoms with Crippen LogP contribution < -0.4 is 0 Å². The lowest BCUT2D eigenvalue weighted by Crippen LogP contribution is -2.68. The van der Waals surface area contributed by atoms with Crippen molar-refractivity contribution in [1.82, 2.24) is 0 Å². The zero-order chi connectivity index (χ0) is 18.4. The van der Waals surface area contributed by atoms with Gasteiger partial charge in [-0.1, -0.05) is 0 Å². The van der Waals surface area contributed by atoms with Gasteiger partial charge in [-0.05, 0) is 11.6 Å². The largest absolute Gasteiger partial charge is 0.467 e. The quantitative estimate of drug-likeness (QED) is 0.301. The zero-order valence-electron chi connectivity index (χ0n) is 9.11. The predicted molar refractivity (Wildman–Crippen MR) is 38.8 cm³/mol. The molecule has 0 saturated heterocycles. The lowest BCUT2D eigenvalue weighted by Gasteiger charge is -2.37. The molecule has 0 spiro atoms. The van der Waals surface area contributed by atoms with Crippen molar-refractivity contribution in [3.8, 4) is 0 Å². The smallest absolute Gasteiger partial charge is 0.195 e. The third-order valence-electron chi connectivity index (χ3n) is 1.80. The molecule has 0 saturated carbocycles. The molecule has 0 radical (unpaired) electrons. The van der Waals surface area contributed by atoms with E-state index in [1.165, 1.54) is 0 Å². The van der Waals surface area contributed by atoms with Crippen molar-refractivity contribution in [2.75, 3.05) is 0 Å². The second-order valence-corrected chi connectivity index (χ2v) is 3.84. The van der Waals surface area contributed by atoms with E-state index in [-0.39, 0.29) is 0 Å². The number of alkyl halides is 14. The van der Waals surface area contributed by atoms with Crippen LogP contribution in [0.5, 0.6) is 0 Å². The third kappa shape index (κ3) is 3.61. The lowest BCUT2D eigenvalue weighted by molar-refractivity contribution is -0.566. The maximum atomic E-state index is 12.5. The molecular formula is C6ClF13O2. The molecule has 1 atom stereocenters. The summed E-state index contributed by atoms with van der Waals surface area (Å²) in [6.07, 6.45) is -28.8. The summed E-state index contributed by atoms with van der Waals surface area (Å²) in [5.41, 5.74) is -7.26. The second kappa shape index (κ2) is 5.43. The molecule has 2 nitrogen and oxygen atoms in total. The Balaban J connectivity index is 5.95. The van der Waals surface area contributed by atoms with Gasteiger partial charge in [-0.15, -0.1) is 0 Å². The van der Waals surface area contributed by atoms with Crippen LogP contribution >= 0.6 is 11.6 Å². The number of hydrogen-bond donors (Lipinski definition) is 0. The van der Waals surface area contributed by atoms with E-state index in [0.717, 1.165) is 0 Å². The maximum Gasteiger partial charge on any atom is 0.467 e. The summed E-state index contributed by atoms with van der Waals surface area (Å²) in [5.74, 6) is 0. The molecule has 0 amide bonds. The van der Waals surface area contributed by atoms with Gasteiger partial charge >= 0.3 is 35.6 Å². The molecule has 0 fully saturated rings. The van der Waals surface area contributed by atoms with Crippen molar-refractivity contribution in [1.29, 1.82) is 0 Å². The van der Waals surface area contributed by atoms with Gasteiger partial charge < -0.3 is 0 Å². The topological polar surface area (TPSA) is 18.5 Å². The first kappa shape index (κ1) is 21.3. The van der Waals surface area contributed by atoms with Crippen LogP contribution in [0.2, 0.25) is 0 Å². The molecule has 134 valence electrons. The molecule has 0 bridgehead atoms. The highest BCUT2D eigenvalue weighted by atomic mass is 35.5. The Morgan fingerprint density at radius 1 is 0.455 bits per heavy atom. The molecule has 22 heavy (non-hydrogen) atoms. The van der Waals surface area contributed by atoms with Gasteiger partial charge in [0.05, 0.1) is 0 Å². The normalized spacial score (nSPS) is 18.3. The van der Waals surface area contributed by atoms with Gasteiger partial charge in [-0.25, -0.2) is 0 Å². The Morgan fingerprint density at radius 3 is 0.909 bits per heavy atom. The summed E-state index contributed by atoms with van der Waals surface area (Å²) in [5, 5.41) is -5.90.